The van der Waals surface area contributed by atoms with Crippen LogP contribution >= 0.6 is 22.6 Å². The van der Waals surface area contributed by atoms with Crippen molar-refractivity contribution in [2.24, 2.45) is 0 Å². The molecule has 1 aliphatic rings. The topological polar surface area (TPSA) is 97.0 Å². The summed E-state index contributed by atoms with van der Waals surface area (Å²) >= 11 is 2.09. The molecule has 3 aromatic rings. The van der Waals surface area contributed by atoms with E-state index in [1.54, 1.807) is 36.4 Å². The molecule has 196 valence electrons. The first-order valence-corrected chi connectivity index (χ1v) is 12.8. The number of rotatable bonds is 9. The van der Waals surface area contributed by atoms with E-state index >= 15 is 0 Å². The van der Waals surface area contributed by atoms with Gasteiger partial charge in [-0.2, -0.15) is 0 Å². The fourth-order valence-electron chi connectivity index (χ4n) is 3.87. The van der Waals surface area contributed by atoms with Crippen LogP contribution in [0.15, 0.2) is 66.4 Å². The molecule has 0 atom stereocenters. The normalized spacial score (nSPS) is 14.0. The standard InChI is InChI=1S/C28H25FIN3O5/c1-3-19-6-4-5-7-22(19)31-25(34)15-33-27(35)23(32-28(33)36)13-18-12-21(30)26(24(14-18)37-2)38-16-17-8-10-20(29)11-9-17/h4-14H,3,15-16H2,1-2H3,(H,31,34)(H,32,36)/b23-13+. The Morgan fingerprint density at radius 1 is 1.13 bits per heavy atom. The van der Waals surface area contributed by atoms with Crippen LogP contribution in [0.25, 0.3) is 6.08 Å². The molecule has 0 aliphatic carbocycles. The number of hydrogen-bond acceptors (Lipinski definition) is 5. The smallest absolute Gasteiger partial charge is 0.329 e. The monoisotopic (exact) mass is 629 g/mol. The van der Waals surface area contributed by atoms with Crippen LogP contribution in [0.3, 0.4) is 0 Å². The van der Waals surface area contributed by atoms with Crippen molar-refractivity contribution in [2.45, 2.75) is 20.0 Å². The largest absolute Gasteiger partial charge is 0.493 e. The number of imide groups is 1. The molecule has 4 amide bonds. The number of carbonyl (C=O) groups excluding carboxylic acids is 3. The van der Waals surface area contributed by atoms with E-state index in [9.17, 15) is 18.8 Å². The van der Waals surface area contributed by atoms with Gasteiger partial charge in [-0.3, -0.25) is 9.59 Å². The van der Waals surface area contributed by atoms with Gasteiger partial charge < -0.3 is 20.1 Å². The Hall–Kier alpha value is -3.93. The van der Waals surface area contributed by atoms with Crippen molar-refractivity contribution >= 4 is 52.2 Å². The second-order valence-electron chi connectivity index (χ2n) is 8.39. The highest BCUT2D eigenvalue weighted by molar-refractivity contribution is 14.1. The average Bonchev–Trinajstić information content (AvgIpc) is 3.16. The van der Waals surface area contributed by atoms with Crippen LogP contribution in [-0.4, -0.2) is 36.4 Å². The summed E-state index contributed by atoms with van der Waals surface area (Å²) in [5.74, 6) is -0.498. The molecule has 0 spiro atoms. The highest BCUT2D eigenvalue weighted by Gasteiger charge is 2.35. The predicted octanol–water partition coefficient (Wildman–Crippen LogP) is 5.11. The summed E-state index contributed by atoms with van der Waals surface area (Å²) in [6.45, 7) is 1.76. The summed E-state index contributed by atoms with van der Waals surface area (Å²) in [5, 5.41) is 5.30. The summed E-state index contributed by atoms with van der Waals surface area (Å²) < 4.78 is 25.3. The number of halogens is 2. The minimum absolute atomic E-state index is 0.0367. The first-order valence-electron chi connectivity index (χ1n) is 11.8. The zero-order chi connectivity index (χ0) is 27.2. The number of carbonyl (C=O) groups is 3. The minimum Gasteiger partial charge on any atom is -0.493 e. The van der Waals surface area contributed by atoms with Gasteiger partial charge in [0.1, 0.15) is 24.7 Å². The number of hydrogen-bond donors (Lipinski definition) is 2. The Labute approximate surface area is 232 Å². The molecule has 2 N–H and O–H groups in total. The maximum Gasteiger partial charge on any atom is 0.329 e. The first kappa shape index (κ1) is 27.1. The van der Waals surface area contributed by atoms with Crippen LogP contribution in [0.5, 0.6) is 11.5 Å². The van der Waals surface area contributed by atoms with Crippen molar-refractivity contribution in [1.82, 2.24) is 10.2 Å². The van der Waals surface area contributed by atoms with Crippen LogP contribution in [-0.2, 0) is 22.6 Å². The molecule has 1 fully saturated rings. The number of anilines is 1. The minimum atomic E-state index is -0.680. The van der Waals surface area contributed by atoms with Crippen LogP contribution in [0.2, 0.25) is 0 Å². The Bertz CT molecular complexity index is 1410. The Balaban J connectivity index is 1.47. The summed E-state index contributed by atoms with van der Waals surface area (Å²) in [6, 6.07) is 16.1. The lowest BCUT2D eigenvalue weighted by Crippen LogP contribution is -2.38. The number of nitrogens with zero attached hydrogens (tertiary/aromatic N) is 1. The number of amides is 4. The molecule has 1 aliphatic heterocycles. The third kappa shape index (κ3) is 6.31. The Kier molecular flexibility index (Phi) is 8.62. The van der Waals surface area contributed by atoms with Gasteiger partial charge in [0.2, 0.25) is 5.91 Å². The van der Waals surface area contributed by atoms with Gasteiger partial charge in [-0.1, -0.05) is 37.3 Å². The van der Waals surface area contributed by atoms with E-state index in [0.29, 0.717) is 26.3 Å². The second kappa shape index (κ2) is 12.1. The maximum absolute atomic E-state index is 13.2. The zero-order valence-electron chi connectivity index (χ0n) is 20.7. The van der Waals surface area contributed by atoms with Crippen LogP contribution < -0.4 is 20.1 Å². The highest BCUT2D eigenvalue weighted by Crippen LogP contribution is 2.35. The molecule has 0 radical (unpaired) electrons. The molecule has 0 aromatic heterocycles. The molecular formula is C28H25FIN3O5. The third-order valence-electron chi connectivity index (χ3n) is 5.80. The Morgan fingerprint density at radius 3 is 2.58 bits per heavy atom. The first-order chi connectivity index (χ1) is 18.3. The van der Waals surface area contributed by atoms with E-state index in [1.165, 1.54) is 25.3 Å². The predicted molar refractivity (Wildman–Crippen MR) is 149 cm³/mol. The van der Waals surface area contributed by atoms with Crippen molar-refractivity contribution in [1.29, 1.82) is 0 Å². The van der Waals surface area contributed by atoms with Crippen molar-refractivity contribution in [3.8, 4) is 11.5 Å². The number of ether oxygens (including phenoxy) is 2. The lowest BCUT2D eigenvalue weighted by Gasteiger charge is -2.14. The lowest BCUT2D eigenvalue weighted by atomic mass is 10.1. The highest BCUT2D eigenvalue weighted by atomic mass is 127. The van der Waals surface area contributed by atoms with Gasteiger partial charge in [0.15, 0.2) is 11.5 Å². The number of para-hydroxylation sites is 1. The average molecular weight is 629 g/mol. The van der Waals surface area contributed by atoms with Crippen LogP contribution in [0, 0.1) is 9.39 Å². The number of aryl methyl sites for hydroxylation is 1. The zero-order valence-corrected chi connectivity index (χ0v) is 22.9. The molecule has 3 aromatic carbocycles. The Morgan fingerprint density at radius 2 is 1.87 bits per heavy atom. The quantitative estimate of drug-likeness (QED) is 0.195. The molecule has 4 rings (SSSR count). The third-order valence-corrected chi connectivity index (χ3v) is 6.60. The molecule has 10 heteroatoms. The molecular weight excluding hydrogens is 604 g/mol. The molecule has 0 unspecified atom stereocenters. The van der Waals surface area contributed by atoms with E-state index in [1.807, 2.05) is 19.1 Å². The van der Waals surface area contributed by atoms with Gasteiger partial charge in [-0.05, 0) is 82.1 Å². The molecule has 38 heavy (non-hydrogen) atoms. The summed E-state index contributed by atoms with van der Waals surface area (Å²) in [4.78, 5) is 38.9. The summed E-state index contributed by atoms with van der Waals surface area (Å²) in [5.41, 5.74) is 3.01. The van der Waals surface area contributed by atoms with Crippen molar-refractivity contribution in [2.75, 3.05) is 19.0 Å². The van der Waals surface area contributed by atoms with Gasteiger partial charge in [0.25, 0.3) is 5.91 Å². The van der Waals surface area contributed by atoms with E-state index in [4.69, 9.17) is 9.47 Å². The maximum atomic E-state index is 13.2. The number of nitrogens with one attached hydrogen (secondary N) is 2. The van der Waals surface area contributed by atoms with Crippen LogP contribution in [0.4, 0.5) is 14.9 Å². The molecule has 8 nitrogen and oxygen atoms in total. The van der Waals surface area contributed by atoms with Crippen molar-refractivity contribution in [3.05, 3.63) is 92.4 Å². The molecule has 0 bridgehead atoms. The number of urea groups is 1. The molecule has 0 saturated carbocycles. The van der Waals surface area contributed by atoms with E-state index in [-0.39, 0.29) is 18.1 Å². The molecule has 1 heterocycles. The second-order valence-corrected chi connectivity index (χ2v) is 9.55. The fraction of sp³-hybridized carbons (Fsp3) is 0.179. The van der Waals surface area contributed by atoms with E-state index < -0.39 is 24.4 Å². The van der Waals surface area contributed by atoms with Crippen molar-refractivity contribution in [3.63, 3.8) is 0 Å². The SMILES string of the molecule is CCc1ccccc1NC(=O)CN1C(=O)N/C(=C/c2cc(I)c(OCc3ccc(F)cc3)c(OC)c2)C1=O. The van der Waals surface area contributed by atoms with Gasteiger partial charge in [-0.25, -0.2) is 14.1 Å². The van der Waals surface area contributed by atoms with Gasteiger partial charge in [-0.15, -0.1) is 0 Å². The summed E-state index contributed by atoms with van der Waals surface area (Å²) in [7, 11) is 1.49. The molecule has 1 saturated heterocycles. The van der Waals surface area contributed by atoms with Gasteiger partial charge in [0, 0.05) is 5.69 Å². The number of benzene rings is 3. The van der Waals surface area contributed by atoms with E-state index in [2.05, 4.69) is 33.2 Å². The van der Waals surface area contributed by atoms with Gasteiger partial charge in [0.05, 0.1) is 10.7 Å². The lowest BCUT2D eigenvalue weighted by molar-refractivity contribution is -0.127. The summed E-state index contributed by atoms with van der Waals surface area (Å²) in [6.07, 6.45) is 2.24. The fourth-order valence-corrected chi connectivity index (χ4v) is 4.65. The number of methoxy groups -OCH3 is 1. The van der Waals surface area contributed by atoms with E-state index in [0.717, 1.165) is 22.4 Å². The van der Waals surface area contributed by atoms with Gasteiger partial charge >= 0.3 is 6.03 Å². The van der Waals surface area contributed by atoms with Crippen molar-refractivity contribution < 1.29 is 28.2 Å². The van der Waals surface area contributed by atoms with Crippen LogP contribution in [0.1, 0.15) is 23.6 Å².